The van der Waals surface area contributed by atoms with E-state index in [0.717, 1.165) is 5.70 Å². The molecule has 0 saturated carbocycles. The molecule has 0 radical (unpaired) electrons. The number of hydrogen-bond donors (Lipinski definition) is 0. The van der Waals surface area contributed by atoms with Crippen LogP contribution < -0.4 is 0 Å². The summed E-state index contributed by atoms with van der Waals surface area (Å²) in [6, 6.07) is 0. The Labute approximate surface area is 59.1 Å². The van der Waals surface area contributed by atoms with Crippen molar-refractivity contribution >= 4 is 5.70 Å². The zero-order valence-corrected chi connectivity index (χ0v) is 5.82. The van der Waals surface area contributed by atoms with Gasteiger partial charge in [-0.3, -0.25) is 0 Å². The molecule has 54 valence electrons. The molecule has 4 nitrogen and oxygen atoms in total. The molecule has 1 rings (SSSR count). The third-order valence-electron chi connectivity index (χ3n) is 1.05. The van der Waals surface area contributed by atoms with Gasteiger partial charge >= 0.3 is 0 Å². The average molecular weight is 139 g/mol. The lowest BCUT2D eigenvalue weighted by Crippen LogP contribution is -2.01. The number of rotatable bonds is 3. The van der Waals surface area contributed by atoms with E-state index in [1.165, 1.54) is 6.33 Å². The van der Waals surface area contributed by atoms with Gasteiger partial charge in [-0.15, -0.1) is 0 Å². The molecular formula is C6H9N3O. The van der Waals surface area contributed by atoms with Crippen molar-refractivity contribution in [1.82, 2.24) is 14.8 Å². The van der Waals surface area contributed by atoms with Crippen LogP contribution >= 0.6 is 0 Å². The Morgan fingerprint density at radius 3 is 3.10 bits per heavy atom. The van der Waals surface area contributed by atoms with Crippen molar-refractivity contribution in [3.63, 3.8) is 0 Å². The second-order valence-corrected chi connectivity index (χ2v) is 1.84. The monoisotopic (exact) mass is 139 g/mol. The van der Waals surface area contributed by atoms with Crippen LogP contribution in [-0.2, 0) is 4.74 Å². The fourth-order valence-electron chi connectivity index (χ4n) is 0.604. The predicted molar refractivity (Wildman–Crippen MR) is 37.2 cm³/mol. The Bertz CT molecular complexity index is 205. The second-order valence-electron chi connectivity index (χ2n) is 1.84. The van der Waals surface area contributed by atoms with Crippen molar-refractivity contribution in [3.8, 4) is 0 Å². The lowest BCUT2D eigenvalue weighted by atomic mass is 10.5. The highest BCUT2D eigenvalue weighted by atomic mass is 16.5. The summed E-state index contributed by atoms with van der Waals surface area (Å²) in [5, 5.41) is 3.86. The van der Waals surface area contributed by atoms with Gasteiger partial charge < -0.3 is 4.74 Å². The van der Waals surface area contributed by atoms with Crippen molar-refractivity contribution in [2.75, 3.05) is 13.7 Å². The van der Waals surface area contributed by atoms with Crippen molar-refractivity contribution in [1.29, 1.82) is 0 Å². The Hall–Kier alpha value is -1.16. The van der Waals surface area contributed by atoms with Crippen LogP contribution in [0.3, 0.4) is 0 Å². The van der Waals surface area contributed by atoms with Crippen molar-refractivity contribution < 1.29 is 4.74 Å². The summed E-state index contributed by atoms with van der Waals surface area (Å²) in [5.74, 6) is 0. The second kappa shape index (κ2) is 3.12. The number of methoxy groups -OCH3 is 1. The summed E-state index contributed by atoms with van der Waals surface area (Å²) in [7, 11) is 1.61. The van der Waals surface area contributed by atoms with Crippen molar-refractivity contribution in [2.45, 2.75) is 0 Å². The van der Waals surface area contributed by atoms with Gasteiger partial charge in [-0.05, 0) is 0 Å². The summed E-state index contributed by atoms with van der Waals surface area (Å²) in [5.41, 5.74) is 0.778. The molecule has 4 heteroatoms. The van der Waals surface area contributed by atoms with Gasteiger partial charge in [0, 0.05) is 7.11 Å². The van der Waals surface area contributed by atoms with E-state index in [1.807, 2.05) is 0 Å². The van der Waals surface area contributed by atoms with E-state index >= 15 is 0 Å². The van der Waals surface area contributed by atoms with Crippen molar-refractivity contribution in [2.24, 2.45) is 0 Å². The molecule has 0 N–H and O–H groups in total. The lowest BCUT2D eigenvalue weighted by Gasteiger charge is -2.00. The molecule has 0 saturated heterocycles. The summed E-state index contributed by atoms with van der Waals surface area (Å²) in [6.45, 7) is 4.20. The molecule has 0 bridgehead atoms. The van der Waals surface area contributed by atoms with Gasteiger partial charge in [-0.2, -0.15) is 5.10 Å². The fourth-order valence-corrected chi connectivity index (χ4v) is 0.604. The van der Waals surface area contributed by atoms with Crippen LogP contribution in [-0.4, -0.2) is 28.5 Å². The Morgan fingerprint density at radius 1 is 1.80 bits per heavy atom. The predicted octanol–water partition coefficient (Wildman–Crippen LogP) is 0.395. The van der Waals surface area contributed by atoms with Crippen LogP contribution in [0, 0.1) is 0 Å². The van der Waals surface area contributed by atoms with Crippen LogP contribution in [0.25, 0.3) is 5.70 Å². The number of hydrogen-bond acceptors (Lipinski definition) is 3. The molecule has 1 heterocycles. The maximum atomic E-state index is 4.84. The normalized spacial score (nSPS) is 9.70. The molecular weight excluding hydrogens is 130 g/mol. The Balaban J connectivity index is 2.59. The van der Waals surface area contributed by atoms with E-state index in [2.05, 4.69) is 16.7 Å². The molecule has 0 spiro atoms. The molecule has 0 aliphatic rings. The Morgan fingerprint density at radius 2 is 2.60 bits per heavy atom. The largest absolute Gasteiger partial charge is 0.378 e. The van der Waals surface area contributed by atoms with Gasteiger partial charge in [0.2, 0.25) is 0 Å². The van der Waals surface area contributed by atoms with E-state index in [9.17, 15) is 0 Å². The van der Waals surface area contributed by atoms with E-state index in [4.69, 9.17) is 4.74 Å². The smallest absolute Gasteiger partial charge is 0.138 e. The standard InChI is InChI=1S/C6H9N3O/c1-6(3-10-2)9-5-7-4-8-9/h4-5H,1,3H2,2H3. The molecule has 10 heavy (non-hydrogen) atoms. The first kappa shape index (κ1) is 6.95. The molecule has 1 aromatic rings. The minimum absolute atomic E-state index is 0.476. The van der Waals surface area contributed by atoms with Gasteiger partial charge in [0.25, 0.3) is 0 Å². The zero-order chi connectivity index (χ0) is 7.40. The third-order valence-corrected chi connectivity index (χ3v) is 1.05. The van der Waals surface area contributed by atoms with Gasteiger partial charge in [0.15, 0.2) is 0 Å². The zero-order valence-electron chi connectivity index (χ0n) is 5.82. The first-order chi connectivity index (χ1) is 4.84. The topological polar surface area (TPSA) is 39.9 Å². The van der Waals surface area contributed by atoms with E-state index in [-0.39, 0.29) is 0 Å². The number of ether oxygens (including phenoxy) is 1. The summed E-state index contributed by atoms with van der Waals surface area (Å²) in [4.78, 5) is 3.76. The summed E-state index contributed by atoms with van der Waals surface area (Å²) in [6.07, 6.45) is 3.04. The van der Waals surface area contributed by atoms with E-state index in [1.54, 1.807) is 18.1 Å². The van der Waals surface area contributed by atoms with Crippen LogP contribution in [0.1, 0.15) is 0 Å². The van der Waals surface area contributed by atoms with Gasteiger partial charge in [0.1, 0.15) is 12.7 Å². The average Bonchev–Trinajstić information content (AvgIpc) is 2.38. The minimum atomic E-state index is 0.476. The molecule has 0 atom stereocenters. The van der Waals surface area contributed by atoms with E-state index < -0.39 is 0 Å². The molecule has 0 aromatic carbocycles. The molecule has 0 unspecified atom stereocenters. The van der Waals surface area contributed by atoms with Gasteiger partial charge in [0.05, 0.1) is 12.3 Å². The number of nitrogens with zero attached hydrogens (tertiary/aromatic N) is 3. The highest BCUT2D eigenvalue weighted by Crippen LogP contribution is 1.95. The first-order valence-electron chi connectivity index (χ1n) is 2.86. The van der Waals surface area contributed by atoms with Gasteiger partial charge in [-0.25, -0.2) is 9.67 Å². The van der Waals surface area contributed by atoms with E-state index in [0.29, 0.717) is 6.61 Å². The fraction of sp³-hybridized carbons (Fsp3) is 0.333. The van der Waals surface area contributed by atoms with Crippen molar-refractivity contribution in [3.05, 3.63) is 19.2 Å². The number of aromatic nitrogens is 3. The highest BCUT2D eigenvalue weighted by molar-refractivity contribution is 5.39. The highest BCUT2D eigenvalue weighted by Gasteiger charge is 1.94. The molecule has 0 aliphatic carbocycles. The summed E-state index contributed by atoms with van der Waals surface area (Å²) >= 11 is 0. The Kier molecular flexibility index (Phi) is 2.17. The maximum Gasteiger partial charge on any atom is 0.138 e. The molecule has 0 aliphatic heterocycles. The molecule has 0 fully saturated rings. The van der Waals surface area contributed by atoms with Gasteiger partial charge in [-0.1, -0.05) is 6.58 Å². The molecule has 1 aromatic heterocycles. The van der Waals surface area contributed by atoms with Crippen LogP contribution in [0.4, 0.5) is 0 Å². The SMILES string of the molecule is C=C(COC)n1cncn1. The third kappa shape index (κ3) is 1.41. The summed E-state index contributed by atoms with van der Waals surface area (Å²) < 4.78 is 6.41. The van der Waals surface area contributed by atoms with Crippen LogP contribution in [0.5, 0.6) is 0 Å². The first-order valence-corrected chi connectivity index (χ1v) is 2.86. The van der Waals surface area contributed by atoms with Crippen LogP contribution in [0.15, 0.2) is 19.2 Å². The molecule has 0 amide bonds. The van der Waals surface area contributed by atoms with Crippen LogP contribution in [0.2, 0.25) is 0 Å². The minimum Gasteiger partial charge on any atom is -0.378 e. The lowest BCUT2D eigenvalue weighted by molar-refractivity contribution is 0.235. The maximum absolute atomic E-state index is 4.84. The quantitative estimate of drug-likeness (QED) is 0.608.